The van der Waals surface area contributed by atoms with Gasteiger partial charge in [-0.05, 0) is 32.6 Å². The molecule has 0 unspecified atom stereocenters. The van der Waals surface area contributed by atoms with Crippen molar-refractivity contribution in [2.24, 2.45) is 0 Å². The van der Waals surface area contributed by atoms with Crippen LogP contribution in [0.4, 0.5) is 0 Å². The minimum atomic E-state index is 0.108. The van der Waals surface area contributed by atoms with E-state index < -0.39 is 0 Å². The predicted octanol–water partition coefficient (Wildman–Crippen LogP) is 3.77. The molecule has 12 heavy (non-hydrogen) atoms. The monoisotopic (exact) mass is 172 g/mol. The van der Waals surface area contributed by atoms with Gasteiger partial charge in [-0.3, -0.25) is 0 Å². The van der Waals surface area contributed by atoms with Gasteiger partial charge in [-0.25, -0.2) is 0 Å². The van der Waals surface area contributed by atoms with Gasteiger partial charge >= 0.3 is 0 Å². The Labute approximate surface area is 77.5 Å². The summed E-state index contributed by atoms with van der Waals surface area (Å²) < 4.78 is 6.03. The fourth-order valence-electron chi connectivity index (χ4n) is 1.27. The molecule has 1 nitrogen and oxygen atoms in total. The highest BCUT2D eigenvalue weighted by Gasteiger charge is 2.23. The molecule has 0 spiro atoms. The first-order chi connectivity index (χ1) is 5.61. The van der Waals surface area contributed by atoms with Crippen LogP contribution in [0.2, 0.25) is 0 Å². The quantitative estimate of drug-likeness (QED) is 0.592. The number of hydrogen-bond acceptors (Lipinski definition) is 1. The third-order valence-corrected chi connectivity index (χ3v) is 2.86. The molecule has 0 radical (unpaired) electrons. The zero-order chi connectivity index (χ0) is 9.61. The smallest absolute Gasteiger partial charge is 0.0653 e. The first-order valence-corrected chi connectivity index (χ1v) is 5.29. The van der Waals surface area contributed by atoms with E-state index in [9.17, 15) is 0 Å². The first-order valence-electron chi connectivity index (χ1n) is 5.29. The topological polar surface area (TPSA) is 9.23 Å². The molecule has 0 amide bonds. The molecule has 74 valence electrons. The van der Waals surface area contributed by atoms with Crippen LogP contribution in [-0.2, 0) is 4.74 Å². The lowest BCUT2D eigenvalue weighted by atomic mass is 9.99. The van der Waals surface area contributed by atoms with Gasteiger partial charge in [0, 0.05) is 0 Å². The molecule has 0 aliphatic rings. The Kier molecular flexibility index (Phi) is 5.56. The summed E-state index contributed by atoms with van der Waals surface area (Å²) in [5.74, 6) is 0. The van der Waals surface area contributed by atoms with E-state index in [-0.39, 0.29) is 5.60 Å². The standard InChI is InChI=1S/C11H24O/c1-6-10(7-2)12-11(5,8-3)9-4/h10H,6-9H2,1-5H3. The Bertz CT molecular complexity index is 102. The van der Waals surface area contributed by atoms with Gasteiger partial charge in [0.1, 0.15) is 0 Å². The third kappa shape index (κ3) is 3.57. The highest BCUT2D eigenvalue weighted by Crippen LogP contribution is 2.23. The molecule has 0 N–H and O–H groups in total. The summed E-state index contributed by atoms with van der Waals surface area (Å²) in [5, 5.41) is 0. The maximum absolute atomic E-state index is 6.03. The summed E-state index contributed by atoms with van der Waals surface area (Å²) in [6.07, 6.45) is 4.94. The van der Waals surface area contributed by atoms with E-state index in [0.29, 0.717) is 6.10 Å². The van der Waals surface area contributed by atoms with Crippen molar-refractivity contribution >= 4 is 0 Å². The van der Waals surface area contributed by atoms with Crippen molar-refractivity contribution in [3.63, 3.8) is 0 Å². The van der Waals surface area contributed by atoms with Crippen molar-refractivity contribution in [2.45, 2.75) is 72.0 Å². The van der Waals surface area contributed by atoms with Gasteiger partial charge < -0.3 is 4.74 Å². The van der Waals surface area contributed by atoms with Crippen molar-refractivity contribution in [1.82, 2.24) is 0 Å². The van der Waals surface area contributed by atoms with E-state index in [1.165, 1.54) is 0 Å². The van der Waals surface area contributed by atoms with Crippen LogP contribution >= 0.6 is 0 Å². The van der Waals surface area contributed by atoms with Crippen molar-refractivity contribution in [3.8, 4) is 0 Å². The van der Waals surface area contributed by atoms with E-state index in [1.807, 2.05) is 0 Å². The van der Waals surface area contributed by atoms with Crippen LogP contribution in [0.5, 0.6) is 0 Å². The number of rotatable bonds is 6. The van der Waals surface area contributed by atoms with Gasteiger partial charge in [-0.2, -0.15) is 0 Å². The van der Waals surface area contributed by atoms with E-state index in [1.54, 1.807) is 0 Å². The lowest BCUT2D eigenvalue weighted by Gasteiger charge is -2.31. The van der Waals surface area contributed by atoms with Crippen molar-refractivity contribution < 1.29 is 4.74 Å². The van der Waals surface area contributed by atoms with Gasteiger partial charge in [-0.1, -0.05) is 27.7 Å². The fraction of sp³-hybridized carbons (Fsp3) is 1.00. The summed E-state index contributed by atoms with van der Waals surface area (Å²) in [5.41, 5.74) is 0.108. The van der Waals surface area contributed by atoms with Crippen LogP contribution in [-0.4, -0.2) is 11.7 Å². The zero-order valence-electron chi connectivity index (χ0n) is 9.31. The van der Waals surface area contributed by atoms with E-state index in [0.717, 1.165) is 25.7 Å². The lowest BCUT2D eigenvalue weighted by molar-refractivity contribution is -0.0893. The van der Waals surface area contributed by atoms with E-state index in [4.69, 9.17) is 4.74 Å². The molecular formula is C11H24O. The van der Waals surface area contributed by atoms with Crippen LogP contribution in [0.3, 0.4) is 0 Å². The van der Waals surface area contributed by atoms with Gasteiger partial charge in [0.25, 0.3) is 0 Å². The van der Waals surface area contributed by atoms with Crippen LogP contribution < -0.4 is 0 Å². The Morgan fingerprint density at radius 2 is 1.42 bits per heavy atom. The molecule has 0 aliphatic carbocycles. The van der Waals surface area contributed by atoms with Crippen LogP contribution in [0.1, 0.15) is 60.3 Å². The molecule has 0 heterocycles. The summed E-state index contributed by atoms with van der Waals surface area (Å²) >= 11 is 0. The van der Waals surface area contributed by atoms with Gasteiger partial charge in [-0.15, -0.1) is 0 Å². The second-order valence-corrected chi connectivity index (χ2v) is 3.71. The van der Waals surface area contributed by atoms with Crippen LogP contribution in [0.15, 0.2) is 0 Å². The van der Waals surface area contributed by atoms with Gasteiger partial charge in [0.05, 0.1) is 11.7 Å². The summed E-state index contributed by atoms with van der Waals surface area (Å²) in [6, 6.07) is 0. The van der Waals surface area contributed by atoms with E-state index >= 15 is 0 Å². The second-order valence-electron chi connectivity index (χ2n) is 3.71. The van der Waals surface area contributed by atoms with Crippen LogP contribution in [0.25, 0.3) is 0 Å². The van der Waals surface area contributed by atoms with E-state index in [2.05, 4.69) is 34.6 Å². The average Bonchev–Trinajstić information content (AvgIpc) is 2.14. The van der Waals surface area contributed by atoms with Gasteiger partial charge in [0.2, 0.25) is 0 Å². The summed E-state index contributed by atoms with van der Waals surface area (Å²) in [7, 11) is 0. The maximum atomic E-state index is 6.03. The Morgan fingerprint density at radius 1 is 1.00 bits per heavy atom. The van der Waals surface area contributed by atoms with Crippen molar-refractivity contribution in [1.29, 1.82) is 0 Å². The van der Waals surface area contributed by atoms with Crippen molar-refractivity contribution in [3.05, 3.63) is 0 Å². The molecule has 0 rings (SSSR count). The number of hydrogen-bond donors (Lipinski definition) is 0. The highest BCUT2D eigenvalue weighted by atomic mass is 16.5. The SMILES string of the molecule is CCC(CC)OC(C)(CC)CC. The molecule has 0 atom stereocenters. The van der Waals surface area contributed by atoms with Crippen LogP contribution in [0, 0.1) is 0 Å². The molecule has 0 saturated carbocycles. The zero-order valence-corrected chi connectivity index (χ0v) is 9.31. The lowest BCUT2D eigenvalue weighted by Crippen LogP contribution is -2.31. The molecule has 0 saturated heterocycles. The maximum Gasteiger partial charge on any atom is 0.0653 e. The molecule has 0 aromatic carbocycles. The fourth-order valence-corrected chi connectivity index (χ4v) is 1.27. The Hall–Kier alpha value is -0.0400. The normalized spacial score (nSPS) is 12.5. The molecule has 0 aliphatic heterocycles. The molecule has 0 aromatic rings. The largest absolute Gasteiger partial charge is 0.372 e. The first kappa shape index (κ1) is 12.0. The van der Waals surface area contributed by atoms with Crippen molar-refractivity contribution in [2.75, 3.05) is 0 Å². The Balaban J connectivity index is 3.99. The molecule has 0 bridgehead atoms. The predicted molar refractivity (Wildman–Crippen MR) is 54.4 cm³/mol. The minimum Gasteiger partial charge on any atom is -0.372 e. The summed E-state index contributed by atoms with van der Waals surface area (Å²) in [6.45, 7) is 11.0. The number of ether oxygens (including phenoxy) is 1. The molecular weight excluding hydrogens is 148 g/mol. The third-order valence-electron chi connectivity index (χ3n) is 2.86. The van der Waals surface area contributed by atoms with Gasteiger partial charge in [0.15, 0.2) is 0 Å². The molecule has 0 fully saturated rings. The highest BCUT2D eigenvalue weighted by molar-refractivity contribution is 4.73. The Morgan fingerprint density at radius 3 is 1.67 bits per heavy atom. The average molecular weight is 172 g/mol. The molecule has 0 aromatic heterocycles. The minimum absolute atomic E-state index is 0.108. The molecule has 1 heteroatoms. The summed E-state index contributed by atoms with van der Waals surface area (Å²) in [4.78, 5) is 0. The second kappa shape index (κ2) is 5.58.